The maximum atomic E-state index is 12.7. The maximum absolute atomic E-state index is 12.7. The lowest BCUT2D eigenvalue weighted by Crippen LogP contribution is -2.29. The van der Waals surface area contributed by atoms with Crippen molar-refractivity contribution < 1.29 is 27.1 Å². The topological polar surface area (TPSA) is 34.8 Å². The lowest BCUT2D eigenvalue weighted by molar-refractivity contribution is -0.274. The van der Waals surface area contributed by atoms with Gasteiger partial charge in [0.2, 0.25) is 0 Å². The number of hydrogen-bond donors (Lipinski definition) is 0. The summed E-state index contributed by atoms with van der Waals surface area (Å²) < 4.78 is 53.9. The quantitative estimate of drug-likeness (QED) is 0.448. The second-order valence-corrected chi connectivity index (χ2v) is 7.25. The maximum Gasteiger partial charge on any atom is 0.573 e. The highest BCUT2D eigenvalue weighted by Crippen LogP contribution is 2.38. The Kier molecular flexibility index (Phi) is 5.37. The van der Waals surface area contributed by atoms with Crippen LogP contribution >= 0.6 is 0 Å². The summed E-state index contributed by atoms with van der Waals surface area (Å²) >= 11 is 0. The lowest BCUT2D eigenvalue weighted by atomic mass is 10.0. The van der Waals surface area contributed by atoms with Crippen LogP contribution < -0.4 is 14.4 Å². The van der Waals surface area contributed by atoms with Gasteiger partial charge in [0.15, 0.2) is 0 Å². The van der Waals surface area contributed by atoms with Crippen molar-refractivity contribution in [2.75, 3.05) is 18.0 Å². The molecule has 158 valence electrons. The molecule has 0 saturated carbocycles. The van der Waals surface area contributed by atoms with Gasteiger partial charge in [-0.3, -0.25) is 0 Å². The minimum absolute atomic E-state index is 0.239. The number of hydrogen-bond acceptors (Lipinski definition) is 4. The number of benzene rings is 2. The third kappa shape index (κ3) is 4.40. The molecular formula is C23H22F3NO3. The van der Waals surface area contributed by atoms with E-state index in [0.717, 1.165) is 41.7 Å². The number of aryl methyl sites for hydroxylation is 1. The van der Waals surface area contributed by atoms with Crippen LogP contribution in [0.4, 0.5) is 18.9 Å². The zero-order chi connectivity index (χ0) is 21.3. The first-order valence-corrected chi connectivity index (χ1v) is 9.86. The Morgan fingerprint density at radius 2 is 1.87 bits per heavy atom. The van der Waals surface area contributed by atoms with Gasteiger partial charge in [0.05, 0.1) is 5.69 Å². The number of alkyl halides is 3. The molecule has 0 saturated heterocycles. The van der Waals surface area contributed by atoms with Crippen molar-refractivity contribution in [2.45, 2.75) is 33.1 Å². The fourth-order valence-corrected chi connectivity index (χ4v) is 3.57. The van der Waals surface area contributed by atoms with Crippen LogP contribution in [-0.2, 0) is 0 Å². The number of nitrogens with zero attached hydrogens (tertiary/aromatic N) is 1. The van der Waals surface area contributed by atoms with Crippen molar-refractivity contribution in [1.82, 2.24) is 0 Å². The Hall–Kier alpha value is -3.09. The minimum atomic E-state index is -4.73. The monoisotopic (exact) mass is 417 g/mol. The van der Waals surface area contributed by atoms with Crippen LogP contribution in [0.25, 0.3) is 16.7 Å². The van der Waals surface area contributed by atoms with E-state index in [-0.39, 0.29) is 5.75 Å². The van der Waals surface area contributed by atoms with Crippen LogP contribution in [-0.4, -0.2) is 19.5 Å². The summed E-state index contributed by atoms with van der Waals surface area (Å²) in [5.41, 5.74) is 2.11. The van der Waals surface area contributed by atoms with E-state index in [9.17, 15) is 13.2 Å². The highest BCUT2D eigenvalue weighted by atomic mass is 19.4. The van der Waals surface area contributed by atoms with Crippen LogP contribution in [0.15, 0.2) is 53.0 Å². The van der Waals surface area contributed by atoms with Crippen LogP contribution in [0.3, 0.4) is 0 Å². The standard InChI is InChI=1S/C23H22F3NO3/c1-3-4-10-27-11-9-21(19-8-7-18(13-20(19)27)30-23(24,25)26)29-17-6-5-16-12-15(2)28-22(16)14-17/h5-9,12-14H,3-4,10-11H2,1-2H3. The Bertz CT molecular complexity index is 1080. The van der Waals surface area contributed by atoms with Gasteiger partial charge in [-0.25, -0.2) is 0 Å². The summed E-state index contributed by atoms with van der Waals surface area (Å²) in [5.74, 6) is 1.77. The summed E-state index contributed by atoms with van der Waals surface area (Å²) in [6.07, 6.45) is -0.870. The van der Waals surface area contributed by atoms with Gasteiger partial charge < -0.3 is 18.8 Å². The number of anilines is 1. The first-order chi connectivity index (χ1) is 14.3. The van der Waals surface area contributed by atoms with Gasteiger partial charge in [0.1, 0.15) is 28.6 Å². The number of halogens is 3. The van der Waals surface area contributed by atoms with Crippen LogP contribution in [0, 0.1) is 6.92 Å². The van der Waals surface area contributed by atoms with Gasteiger partial charge >= 0.3 is 6.36 Å². The van der Waals surface area contributed by atoms with E-state index in [1.54, 1.807) is 6.07 Å². The molecule has 0 radical (unpaired) electrons. The average molecular weight is 417 g/mol. The molecule has 0 N–H and O–H groups in total. The first kappa shape index (κ1) is 20.2. The van der Waals surface area contributed by atoms with E-state index < -0.39 is 6.36 Å². The molecule has 0 bridgehead atoms. The summed E-state index contributed by atoms with van der Waals surface area (Å²) in [6, 6.07) is 11.9. The molecule has 0 spiro atoms. The SMILES string of the molecule is CCCCN1CC=C(Oc2ccc3cc(C)oc3c2)c2ccc(OC(F)(F)F)cc21. The van der Waals surface area contributed by atoms with E-state index in [4.69, 9.17) is 9.15 Å². The molecule has 1 aliphatic rings. The van der Waals surface area contributed by atoms with E-state index in [0.29, 0.717) is 23.7 Å². The second-order valence-electron chi connectivity index (χ2n) is 7.25. The second kappa shape index (κ2) is 7.97. The van der Waals surface area contributed by atoms with Crippen molar-refractivity contribution in [3.05, 3.63) is 59.9 Å². The summed E-state index contributed by atoms with van der Waals surface area (Å²) in [5, 5.41) is 0.984. The molecule has 0 fully saturated rings. The van der Waals surface area contributed by atoms with Gasteiger partial charge in [-0.15, -0.1) is 13.2 Å². The molecule has 0 unspecified atom stereocenters. The third-order valence-electron chi connectivity index (χ3n) is 4.93. The van der Waals surface area contributed by atoms with Gasteiger partial charge in [0, 0.05) is 36.2 Å². The van der Waals surface area contributed by atoms with Crippen molar-refractivity contribution in [3.8, 4) is 11.5 Å². The summed E-state index contributed by atoms with van der Waals surface area (Å²) in [7, 11) is 0. The van der Waals surface area contributed by atoms with E-state index in [1.165, 1.54) is 12.1 Å². The molecule has 3 aromatic rings. The molecule has 0 atom stereocenters. The first-order valence-electron chi connectivity index (χ1n) is 9.86. The van der Waals surface area contributed by atoms with E-state index in [2.05, 4.69) is 11.7 Å². The van der Waals surface area contributed by atoms with Crippen LogP contribution in [0.1, 0.15) is 31.1 Å². The number of furan rings is 1. The van der Waals surface area contributed by atoms with Gasteiger partial charge in [0.25, 0.3) is 0 Å². The largest absolute Gasteiger partial charge is 0.573 e. The predicted octanol–water partition coefficient (Wildman–Crippen LogP) is 6.68. The molecule has 0 amide bonds. The number of unbranched alkanes of at least 4 members (excludes halogenated alkanes) is 1. The molecule has 2 heterocycles. The minimum Gasteiger partial charge on any atom is -0.461 e. The van der Waals surface area contributed by atoms with E-state index >= 15 is 0 Å². The fraction of sp³-hybridized carbons (Fsp3) is 0.304. The van der Waals surface area contributed by atoms with Crippen molar-refractivity contribution in [1.29, 1.82) is 0 Å². The fourth-order valence-electron chi connectivity index (χ4n) is 3.57. The summed E-state index contributed by atoms with van der Waals surface area (Å²) in [6.45, 7) is 5.23. The van der Waals surface area contributed by atoms with Crippen molar-refractivity contribution in [2.24, 2.45) is 0 Å². The summed E-state index contributed by atoms with van der Waals surface area (Å²) in [4.78, 5) is 2.04. The zero-order valence-electron chi connectivity index (χ0n) is 16.8. The Labute approximate surface area is 172 Å². The molecule has 4 nitrogen and oxygen atoms in total. The highest BCUT2D eigenvalue weighted by Gasteiger charge is 2.32. The van der Waals surface area contributed by atoms with Gasteiger partial charge in [-0.2, -0.15) is 0 Å². The van der Waals surface area contributed by atoms with Crippen molar-refractivity contribution in [3.63, 3.8) is 0 Å². The zero-order valence-corrected chi connectivity index (χ0v) is 16.8. The number of rotatable bonds is 6. The Morgan fingerprint density at radius 1 is 1.07 bits per heavy atom. The van der Waals surface area contributed by atoms with E-state index in [1.807, 2.05) is 42.2 Å². The number of fused-ring (bicyclic) bond motifs is 2. The Balaban J connectivity index is 1.65. The molecule has 2 aromatic carbocycles. The molecule has 0 aliphatic carbocycles. The normalized spacial score (nSPS) is 13.9. The van der Waals surface area contributed by atoms with Crippen LogP contribution in [0.2, 0.25) is 0 Å². The number of ether oxygens (including phenoxy) is 2. The molecule has 7 heteroatoms. The lowest BCUT2D eigenvalue weighted by Gasteiger charge is -2.31. The Morgan fingerprint density at radius 3 is 2.63 bits per heavy atom. The average Bonchev–Trinajstić information content (AvgIpc) is 3.05. The smallest absolute Gasteiger partial charge is 0.461 e. The molecule has 1 aromatic heterocycles. The molecule has 30 heavy (non-hydrogen) atoms. The van der Waals surface area contributed by atoms with Crippen molar-refractivity contribution >= 4 is 22.4 Å². The highest BCUT2D eigenvalue weighted by molar-refractivity contribution is 5.82. The van der Waals surface area contributed by atoms with Gasteiger partial charge in [-0.05, 0) is 49.8 Å². The third-order valence-corrected chi connectivity index (χ3v) is 4.93. The predicted molar refractivity (Wildman–Crippen MR) is 110 cm³/mol. The van der Waals surface area contributed by atoms with Crippen LogP contribution in [0.5, 0.6) is 11.5 Å². The molecule has 1 aliphatic heterocycles. The van der Waals surface area contributed by atoms with Gasteiger partial charge in [-0.1, -0.05) is 13.3 Å². The molecule has 4 rings (SSSR count). The molecular weight excluding hydrogens is 395 g/mol.